The van der Waals surface area contributed by atoms with Gasteiger partial charge in [0.05, 0.1) is 0 Å². The molecule has 2 unspecified atom stereocenters. The van der Waals surface area contributed by atoms with E-state index in [2.05, 4.69) is 18.7 Å². The molecule has 1 aliphatic carbocycles. The second-order valence-corrected chi connectivity index (χ2v) is 6.88. The van der Waals surface area contributed by atoms with Crippen molar-refractivity contribution in [3.8, 4) is 0 Å². The van der Waals surface area contributed by atoms with E-state index >= 15 is 0 Å². The Morgan fingerprint density at radius 1 is 1.18 bits per heavy atom. The van der Waals surface area contributed by atoms with Crippen LogP contribution in [0.5, 0.6) is 0 Å². The molecule has 2 rings (SSSR count). The van der Waals surface area contributed by atoms with E-state index in [1.807, 2.05) is 0 Å². The third-order valence-electron chi connectivity index (χ3n) is 4.82. The van der Waals surface area contributed by atoms with Crippen LogP contribution in [0.4, 0.5) is 0 Å². The van der Waals surface area contributed by atoms with Crippen molar-refractivity contribution in [2.45, 2.75) is 77.3 Å². The lowest BCUT2D eigenvalue weighted by Gasteiger charge is -2.46. The lowest BCUT2D eigenvalue weighted by Crippen LogP contribution is -2.49. The summed E-state index contributed by atoms with van der Waals surface area (Å²) in [7, 11) is 0. The van der Waals surface area contributed by atoms with Crippen LogP contribution in [-0.4, -0.2) is 30.1 Å². The first-order chi connectivity index (χ1) is 8.12. The van der Waals surface area contributed by atoms with Crippen molar-refractivity contribution in [2.75, 3.05) is 13.1 Å². The standard InChI is InChI=1S/C15H30N2/c1-15(2)9-5-7-14(12-15)17-11-4-3-6-13(17)8-10-16/h13-14H,3-12,16H2,1-2H3. The molecule has 1 saturated carbocycles. The summed E-state index contributed by atoms with van der Waals surface area (Å²) in [6.07, 6.45) is 11.1. The van der Waals surface area contributed by atoms with Gasteiger partial charge in [0.2, 0.25) is 0 Å². The summed E-state index contributed by atoms with van der Waals surface area (Å²) >= 11 is 0. The van der Waals surface area contributed by atoms with Crippen molar-refractivity contribution in [3.05, 3.63) is 0 Å². The number of nitrogens with zero attached hydrogens (tertiary/aromatic N) is 1. The molecule has 1 heterocycles. The summed E-state index contributed by atoms with van der Waals surface area (Å²) in [6.45, 7) is 7.07. The first-order valence-electron chi connectivity index (χ1n) is 7.58. The lowest BCUT2D eigenvalue weighted by molar-refractivity contribution is 0.0364. The Hall–Kier alpha value is -0.0800. The van der Waals surface area contributed by atoms with Crippen LogP contribution in [0, 0.1) is 5.41 Å². The average Bonchev–Trinajstić information content (AvgIpc) is 2.29. The van der Waals surface area contributed by atoms with E-state index in [4.69, 9.17) is 5.73 Å². The molecule has 2 atom stereocenters. The highest BCUT2D eigenvalue weighted by Gasteiger charge is 2.34. The molecule has 17 heavy (non-hydrogen) atoms. The molecular formula is C15H30N2. The quantitative estimate of drug-likeness (QED) is 0.818. The molecule has 0 amide bonds. The van der Waals surface area contributed by atoms with Crippen LogP contribution in [0.1, 0.15) is 65.2 Å². The predicted octanol–water partition coefficient (Wildman–Crippen LogP) is 3.16. The van der Waals surface area contributed by atoms with E-state index in [1.165, 1.54) is 57.9 Å². The van der Waals surface area contributed by atoms with Gasteiger partial charge in [-0.2, -0.15) is 0 Å². The van der Waals surface area contributed by atoms with Gasteiger partial charge in [-0.15, -0.1) is 0 Å². The lowest BCUT2D eigenvalue weighted by atomic mass is 9.74. The van der Waals surface area contributed by atoms with Crippen LogP contribution in [0.25, 0.3) is 0 Å². The Morgan fingerprint density at radius 3 is 2.71 bits per heavy atom. The Morgan fingerprint density at radius 2 is 2.00 bits per heavy atom. The SMILES string of the molecule is CC1(C)CCCC(N2CCCCC2CCN)C1. The Balaban J connectivity index is 1.98. The predicted molar refractivity (Wildman–Crippen MR) is 74.1 cm³/mol. The maximum absolute atomic E-state index is 5.78. The van der Waals surface area contributed by atoms with Gasteiger partial charge in [-0.25, -0.2) is 0 Å². The number of rotatable bonds is 3. The summed E-state index contributed by atoms with van der Waals surface area (Å²) in [4.78, 5) is 2.82. The van der Waals surface area contributed by atoms with Crippen LogP contribution >= 0.6 is 0 Å². The van der Waals surface area contributed by atoms with Gasteiger partial charge < -0.3 is 5.73 Å². The fourth-order valence-electron chi connectivity index (χ4n) is 3.95. The molecule has 2 aliphatic rings. The molecular weight excluding hydrogens is 208 g/mol. The van der Waals surface area contributed by atoms with Gasteiger partial charge >= 0.3 is 0 Å². The average molecular weight is 238 g/mol. The summed E-state index contributed by atoms with van der Waals surface area (Å²) in [5, 5.41) is 0. The number of nitrogens with two attached hydrogens (primary N) is 1. The highest BCUT2D eigenvalue weighted by atomic mass is 15.2. The van der Waals surface area contributed by atoms with Crippen LogP contribution < -0.4 is 5.73 Å². The molecule has 0 radical (unpaired) electrons. The molecule has 2 fully saturated rings. The normalized spacial score (nSPS) is 34.8. The summed E-state index contributed by atoms with van der Waals surface area (Å²) in [5.74, 6) is 0. The van der Waals surface area contributed by atoms with E-state index in [1.54, 1.807) is 0 Å². The zero-order chi connectivity index (χ0) is 12.3. The molecule has 2 heteroatoms. The van der Waals surface area contributed by atoms with Crippen LogP contribution in [-0.2, 0) is 0 Å². The highest BCUT2D eigenvalue weighted by Crippen LogP contribution is 2.39. The fraction of sp³-hybridized carbons (Fsp3) is 1.00. The molecule has 0 aromatic heterocycles. The second kappa shape index (κ2) is 5.71. The van der Waals surface area contributed by atoms with Gasteiger partial charge in [0.15, 0.2) is 0 Å². The minimum Gasteiger partial charge on any atom is -0.330 e. The first kappa shape index (κ1) is 13.4. The van der Waals surface area contributed by atoms with Crippen molar-refractivity contribution in [2.24, 2.45) is 11.1 Å². The number of likely N-dealkylation sites (tertiary alicyclic amines) is 1. The molecule has 1 aliphatic heterocycles. The number of hydrogen-bond donors (Lipinski definition) is 1. The van der Waals surface area contributed by atoms with Crippen LogP contribution in [0.3, 0.4) is 0 Å². The molecule has 100 valence electrons. The Kier molecular flexibility index (Phi) is 4.48. The molecule has 0 spiro atoms. The summed E-state index contributed by atoms with van der Waals surface area (Å²) < 4.78 is 0. The fourth-order valence-corrected chi connectivity index (χ4v) is 3.95. The van der Waals surface area contributed by atoms with Gasteiger partial charge in [0.1, 0.15) is 0 Å². The van der Waals surface area contributed by atoms with Gasteiger partial charge in [-0.05, 0) is 57.0 Å². The van der Waals surface area contributed by atoms with Crippen molar-refractivity contribution >= 4 is 0 Å². The van der Waals surface area contributed by atoms with Crippen molar-refractivity contribution in [1.29, 1.82) is 0 Å². The molecule has 0 aromatic carbocycles. The minimum absolute atomic E-state index is 0.563. The monoisotopic (exact) mass is 238 g/mol. The van der Waals surface area contributed by atoms with Crippen LogP contribution in [0.2, 0.25) is 0 Å². The molecule has 2 N–H and O–H groups in total. The van der Waals surface area contributed by atoms with Crippen molar-refractivity contribution < 1.29 is 0 Å². The van der Waals surface area contributed by atoms with E-state index in [-0.39, 0.29) is 0 Å². The Labute approximate surface area is 107 Å². The van der Waals surface area contributed by atoms with Crippen LogP contribution in [0.15, 0.2) is 0 Å². The third-order valence-corrected chi connectivity index (χ3v) is 4.82. The number of hydrogen-bond acceptors (Lipinski definition) is 2. The first-order valence-corrected chi connectivity index (χ1v) is 7.58. The smallest absolute Gasteiger partial charge is 0.0110 e. The van der Waals surface area contributed by atoms with E-state index in [9.17, 15) is 0 Å². The van der Waals surface area contributed by atoms with Crippen molar-refractivity contribution in [3.63, 3.8) is 0 Å². The third kappa shape index (κ3) is 3.45. The van der Waals surface area contributed by atoms with E-state index < -0.39 is 0 Å². The van der Waals surface area contributed by atoms with E-state index in [0.29, 0.717) is 5.41 Å². The summed E-state index contributed by atoms with van der Waals surface area (Å²) in [6, 6.07) is 1.63. The van der Waals surface area contributed by atoms with Gasteiger partial charge in [-0.1, -0.05) is 26.7 Å². The zero-order valence-corrected chi connectivity index (χ0v) is 11.8. The molecule has 0 aromatic rings. The van der Waals surface area contributed by atoms with E-state index in [0.717, 1.165) is 18.6 Å². The van der Waals surface area contributed by atoms with Crippen molar-refractivity contribution in [1.82, 2.24) is 4.90 Å². The second-order valence-electron chi connectivity index (χ2n) is 6.88. The van der Waals surface area contributed by atoms with Gasteiger partial charge in [-0.3, -0.25) is 4.90 Å². The zero-order valence-electron chi connectivity index (χ0n) is 11.8. The summed E-state index contributed by atoms with van der Waals surface area (Å²) in [5.41, 5.74) is 6.34. The van der Waals surface area contributed by atoms with Gasteiger partial charge in [0, 0.05) is 12.1 Å². The maximum Gasteiger partial charge on any atom is 0.0110 e. The topological polar surface area (TPSA) is 29.3 Å². The molecule has 1 saturated heterocycles. The molecule has 0 bridgehead atoms. The minimum atomic E-state index is 0.563. The molecule has 2 nitrogen and oxygen atoms in total. The Bertz CT molecular complexity index is 235. The highest BCUT2D eigenvalue weighted by molar-refractivity contribution is 4.89. The maximum atomic E-state index is 5.78. The van der Waals surface area contributed by atoms with Gasteiger partial charge in [0.25, 0.3) is 0 Å². The largest absolute Gasteiger partial charge is 0.330 e. The number of piperidine rings is 1.